The van der Waals surface area contributed by atoms with Gasteiger partial charge in [-0.1, -0.05) is 54.6 Å². The van der Waals surface area contributed by atoms with Crippen molar-refractivity contribution >= 4 is 0 Å². The first kappa shape index (κ1) is 13.8. The molecule has 0 bridgehead atoms. The predicted octanol–water partition coefficient (Wildman–Crippen LogP) is 3.78. The van der Waals surface area contributed by atoms with Crippen molar-refractivity contribution in [3.8, 4) is 11.1 Å². The van der Waals surface area contributed by atoms with Gasteiger partial charge in [-0.2, -0.15) is 0 Å². The first-order valence-corrected chi connectivity index (χ1v) is 6.71. The van der Waals surface area contributed by atoms with E-state index in [1.54, 1.807) is 7.11 Å². The molecule has 0 amide bonds. The number of ether oxygens (including phenoxy) is 1. The number of hydrogen-bond acceptors (Lipinski definition) is 2. The second-order valence-electron chi connectivity index (χ2n) is 4.73. The molecule has 2 heteroatoms. The summed E-state index contributed by atoms with van der Waals surface area (Å²) in [6.45, 7) is 0.774. The molecule has 0 heterocycles. The van der Waals surface area contributed by atoms with Crippen LogP contribution in [-0.4, -0.2) is 13.7 Å². The number of rotatable bonds is 6. The van der Waals surface area contributed by atoms with E-state index in [0.29, 0.717) is 0 Å². The molecule has 0 saturated heterocycles. The van der Waals surface area contributed by atoms with Crippen LogP contribution in [0.25, 0.3) is 11.1 Å². The van der Waals surface area contributed by atoms with Gasteiger partial charge in [-0.15, -0.1) is 0 Å². The van der Waals surface area contributed by atoms with Crippen LogP contribution in [0.5, 0.6) is 0 Å². The average molecular weight is 255 g/mol. The van der Waals surface area contributed by atoms with Crippen LogP contribution in [-0.2, 0) is 4.74 Å². The van der Waals surface area contributed by atoms with E-state index in [0.717, 1.165) is 19.4 Å². The van der Waals surface area contributed by atoms with Crippen LogP contribution in [0.2, 0.25) is 0 Å². The van der Waals surface area contributed by atoms with Gasteiger partial charge in [0.2, 0.25) is 0 Å². The minimum atomic E-state index is 0.0972. The molecular weight excluding hydrogens is 234 g/mol. The van der Waals surface area contributed by atoms with E-state index in [1.807, 2.05) is 6.07 Å². The van der Waals surface area contributed by atoms with Crippen molar-refractivity contribution in [2.45, 2.75) is 18.9 Å². The van der Waals surface area contributed by atoms with Crippen LogP contribution in [0.15, 0.2) is 54.6 Å². The summed E-state index contributed by atoms with van der Waals surface area (Å²) in [5.74, 6) is 0. The molecule has 0 fully saturated rings. The van der Waals surface area contributed by atoms with Gasteiger partial charge in [0.15, 0.2) is 0 Å². The fraction of sp³-hybridized carbons (Fsp3) is 0.294. The zero-order chi connectivity index (χ0) is 13.5. The molecule has 0 aliphatic carbocycles. The molecule has 100 valence electrons. The van der Waals surface area contributed by atoms with Gasteiger partial charge in [0.05, 0.1) is 0 Å². The highest BCUT2D eigenvalue weighted by atomic mass is 16.5. The van der Waals surface area contributed by atoms with E-state index in [1.165, 1.54) is 16.7 Å². The van der Waals surface area contributed by atoms with Gasteiger partial charge in [-0.3, -0.25) is 0 Å². The maximum Gasteiger partial charge on any atom is 0.0462 e. The van der Waals surface area contributed by atoms with E-state index in [4.69, 9.17) is 10.5 Å². The Balaban J connectivity index is 2.02. The largest absolute Gasteiger partial charge is 0.385 e. The lowest BCUT2D eigenvalue weighted by Crippen LogP contribution is -2.10. The lowest BCUT2D eigenvalue weighted by molar-refractivity contribution is 0.190. The van der Waals surface area contributed by atoms with Gasteiger partial charge in [0.1, 0.15) is 0 Å². The fourth-order valence-corrected chi connectivity index (χ4v) is 2.17. The van der Waals surface area contributed by atoms with E-state index in [-0.39, 0.29) is 6.04 Å². The summed E-state index contributed by atoms with van der Waals surface area (Å²) in [5.41, 5.74) is 9.83. The van der Waals surface area contributed by atoms with Gasteiger partial charge in [-0.25, -0.2) is 0 Å². The highest BCUT2D eigenvalue weighted by Gasteiger charge is 2.06. The van der Waals surface area contributed by atoms with Crippen molar-refractivity contribution in [1.29, 1.82) is 0 Å². The maximum atomic E-state index is 6.17. The quantitative estimate of drug-likeness (QED) is 0.797. The summed E-state index contributed by atoms with van der Waals surface area (Å²) in [6.07, 6.45) is 1.95. The monoisotopic (exact) mass is 255 g/mol. The Bertz CT molecular complexity index is 478. The molecular formula is C17H21NO. The van der Waals surface area contributed by atoms with E-state index >= 15 is 0 Å². The Morgan fingerprint density at radius 2 is 1.58 bits per heavy atom. The molecule has 0 aromatic heterocycles. The van der Waals surface area contributed by atoms with Crippen molar-refractivity contribution in [3.05, 3.63) is 60.2 Å². The van der Waals surface area contributed by atoms with E-state index < -0.39 is 0 Å². The Morgan fingerprint density at radius 3 is 2.21 bits per heavy atom. The van der Waals surface area contributed by atoms with Crippen LogP contribution in [0, 0.1) is 0 Å². The molecule has 0 aliphatic rings. The first-order chi connectivity index (χ1) is 9.31. The van der Waals surface area contributed by atoms with Crippen LogP contribution < -0.4 is 5.73 Å². The molecule has 2 aromatic carbocycles. The summed E-state index contributed by atoms with van der Waals surface area (Å²) in [6, 6.07) is 19.0. The lowest BCUT2D eigenvalue weighted by atomic mass is 9.99. The molecule has 1 atom stereocenters. The highest BCUT2D eigenvalue weighted by Crippen LogP contribution is 2.22. The molecule has 19 heavy (non-hydrogen) atoms. The second-order valence-corrected chi connectivity index (χ2v) is 4.73. The standard InChI is InChI=1S/C17H21NO/c1-19-13-5-8-17(18)16-11-9-15(10-12-16)14-6-3-2-4-7-14/h2-4,6-7,9-12,17H,5,8,13,18H2,1H3. The number of hydrogen-bond donors (Lipinski definition) is 1. The average Bonchev–Trinajstić information content (AvgIpc) is 2.48. The zero-order valence-corrected chi connectivity index (χ0v) is 11.4. The van der Waals surface area contributed by atoms with Gasteiger partial charge < -0.3 is 10.5 Å². The van der Waals surface area contributed by atoms with Gasteiger partial charge in [0.25, 0.3) is 0 Å². The van der Waals surface area contributed by atoms with Crippen molar-refractivity contribution in [1.82, 2.24) is 0 Å². The Kier molecular flexibility index (Phi) is 5.13. The van der Waals surface area contributed by atoms with Crippen LogP contribution >= 0.6 is 0 Å². The normalized spacial score (nSPS) is 12.3. The summed E-state index contributed by atoms with van der Waals surface area (Å²) in [5, 5.41) is 0. The van der Waals surface area contributed by atoms with Crippen LogP contribution in [0.4, 0.5) is 0 Å². The topological polar surface area (TPSA) is 35.2 Å². The Hall–Kier alpha value is -1.64. The van der Waals surface area contributed by atoms with E-state index in [2.05, 4.69) is 48.5 Å². The minimum Gasteiger partial charge on any atom is -0.385 e. The summed E-state index contributed by atoms with van der Waals surface area (Å²) >= 11 is 0. The molecule has 1 unspecified atom stereocenters. The fourth-order valence-electron chi connectivity index (χ4n) is 2.17. The third kappa shape index (κ3) is 3.91. The van der Waals surface area contributed by atoms with Gasteiger partial charge in [-0.05, 0) is 29.5 Å². The molecule has 2 rings (SSSR count). The van der Waals surface area contributed by atoms with Crippen LogP contribution in [0.3, 0.4) is 0 Å². The van der Waals surface area contributed by atoms with Crippen LogP contribution in [0.1, 0.15) is 24.4 Å². The minimum absolute atomic E-state index is 0.0972. The zero-order valence-electron chi connectivity index (χ0n) is 11.4. The predicted molar refractivity (Wildman–Crippen MR) is 79.9 cm³/mol. The molecule has 0 spiro atoms. The first-order valence-electron chi connectivity index (χ1n) is 6.71. The summed E-state index contributed by atoms with van der Waals surface area (Å²) in [4.78, 5) is 0. The molecule has 0 radical (unpaired) electrons. The van der Waals surface area contributed by atoms with Crippen molar-refractivity contribution in [3.63, 3.8) is 0 Å². The summed E-state index contributed by atoms with van der Waals surface area (Å²) in [7, 11) is 1.72. The molecule has 0 aliphatic heterocycles. The van der Waals surface area contributed by atoms with Gasteiger partial charge in [0, 0.05) is 19.8 Å². The van der Waals surface area contributed by atoms with Gasteiger partial charge >= 0.3 is 0 Å². The number of methoxy groups -OCH3 is 1. The molecule has 2 N–H and O–H groups in total. The Labute approximate surface area is 115 Å². The molecule has 0 saturated carbocycles. The van der Waals surface area contributed by atoms with E-state index in [9.17, 15) is 0 Å². The number of nitrogens with two attached hydrogens (primary N) is 1. The molecule has 2 nitrogen and oxygen atoms in total. The van der Waals surface area contributed by atoms with Crippen molar-refractivity contribution in [2.75, 3.05) is 13.7 Å². The third-order valence-electron chi connectivity index (χ3n) is 3.31. The second kappa shape index (κ2) is 7.07. The molecule has 2 aromatic rings. The highest BCUT2D eigenvalue weighted by molar-refractivity contribution is 5.63. The number of benzene rings is 2. The smallest absolute Gasteiger partial charge is 0.0462 e. The Morgan fingerprint density at radius 1 is 0.947 bits per heavy atom. The van der Waals surface area contributed by atoms with Crippen molar-refractivity contribution in [2.24, 2.45) is 5.73 Å². The lowest BCUT2D eigenvalue weighted by Gasteiger charge is -2.12. The third-order valence-corrected chi connectivity index (χ3v) is 3.31. The maximum absolute atomic E-state index is 6.17. The SMILES string of the molecule is COCCCC(N)c1ccc(-c2ccccc2)cc1. The summed E-state index contributed by atoms with van der Waals surface area (Å²) < 4.78 is 5.05. The van der Waals surface area contributed by atoms with Crippen molar-refractivity contribution < 1.29 is 4.74 Å².